The second-order valence-corrected chi connectivity index (χ2v) is 7.69. The Labute approximate surface area is 124 Å². The lowest BCUT2D eigenvalue weighted by atomic mass is 10.1. The fourth-order valence-electron chi connectivity index (χ4n) is 3.14. The molecule has 1 saturated carbocycles. The van der Waals surface area contributed by atoms with Gasteiger partial charge in [0, 0.05) is 16.7 Å². The molecule has 2 aliphatic rings. The van der Waals surface area contributed by atoms with E-state index in [2.05, 4.69) is 30.4 Å². The number of benzene rings is 1. The van der Waals surface area contributed by atoms with Gasteiger partial charge in [0.15, 0.2) is 0 Å². The lowest BCUT2D eigenvalue weighted by Crippen LogP contribution is -2.36. The fraction of sp³-hybridized carbons (Fsp3) is 0.647. The molecule has 0 spiro atoms. The van der Waals surface area contributed by atoms with Gasteiger partial charge in [-0.25, -0.2) is 0 Å². The van der Waals surface area contributed by atoms with E-state index in [0.29, 0.717) is 6.04 Å². The van der Waals surface area contributed by atoms with Crippen LogP contribution in [0.1, 0.15) is 43.7 Å². The first-order valence-electron chi connectivity index (χ1n) is 8.01. The van der Waals surface area contributed by atoms with Crippen molar-refractivity contribution < 1.29 is 4.21 Å². The Bertz CT molecular complexity index is 496. The Hall–Kier alpha value is -0.670. The Morgan fingerprint density at radius 2 is 2.10 bits per heavy atom. The number of hydrogen-bond acceptors (Lipinski definition) is 2. The van der Waals surface area contributed by atoms with Crippen molar-refractivity contribution in [2.45, 2.75) is 56.4 Å². The third-order valence-corrected chi connectivity index (χ3v) is 5.95. The first kappa shape index (κ1) is 14.3. The van der Waals surface area contributed by atoms with Crippen LogP contribution in [0.5, 0.6) is 0 Å². The maximum atomic E-state index is 12.6. The zero-order valence-corrected chi connectivity index (χ0v) is 13.2. The first-order valence-corrected chi connectivity index (χ1v) is 9.33. The van der Waals surface area contributed by atoms with Crippen LogP contribution in [0, 0.1) is 5.92 Å². The van der Waals surface area contributed by atoms with Gasteiger partial charge in [-0.2, -0.15) is 0 Å². The Kier molecular flexibility index (Phi) is 4.57. The molecule has 2 atom stereocenters. The predicted molar refractivity (Wildman–Crippen MR) is 84.5 cm³/mol. The smallest absolute Gasteiger partial charge is 0.0545 e. The van der Waals surface area contributed by atoms with Crippen molar-refractivity contribution in [3.8, 4) is 0 Å². The van der Waals surface area contributed by atoms with Gasteiger partial charge in [-0.05, 0) is 74.2 Å². The van der Waals surface area contributed by atoms with Crippen LogP contribution in [-0.4, -0.2) is 22.5 Å². The molecule has 0 bridgehead atoms. The monoisotopic (exact) mass is 291 g/mol. The van der Waals surface area contributed by atoms with E-state index < -0.39 is 10.8 Å². The molecule has 1 N–H and O–H groups in total. The lowest BCUT2D eigenvalue weighted by molar-refractivity contribution is 0.498. The van der Waals surface area contributed by atoms with E-state index in [4.69, 9.17) is 0 Å². The summed E-state index contributed by atoms with van der Waals surface area (Å²) < 4.78 is 12.6. The van der Waals surface area contributed by atoms with Gasteiger partial charge in [0.05, 0.1) is 10.8 Å². The molecule has 1 aromatic rings. The summed E-state index contributed by atoms with van der Waals surface area (Å²) in [5.41, 5.74) is 2.90. The fourth-order valence-corrected chi connectivity index (χ4v) is 4.54. The minimum absolute atomic E-state index is 0.448. The van der Waals surface area contributed by atoms with Gasteiger partial charge in [-0.15, -0.1) is 0 Å². The molecule has 0 aliphatic heterocycles. The minimum atomic E-state index is -0.852. The highest BCUT2D eigenvalue weighted by Crippen LogP contribution is 2.33. The molecule has 0 aromatic heterocycles. The highest BCUT2D eigenvalue weighted by molar-refractivity contribution is 7.85. The van der Waals surface area contributed by atoms with Gasteiger partial charge >= 0.3 is 0 Å². The van der Waals surface area contributed by atoms with E-state index in [1.165, 1.54) is 43.2 Å². The Morgan fingerprint density at radius 1 is 1.30 bits per heavy atom. The van der Waals surface area contributed by atoms with E-state index in [1.807, 2.05) is 0 Å². The van der Waals surface area contributed by atoms with Crippen LogP contribution in [0.2, 0.25) is 0 Å². The van der Waals surface area contributed by atoms with Crippen molar-refractivity contribution in [1.29, 1.82) is 0 Å². The molecule has 2 unspecified atom stereocenters. The molecule has 1 aromatic carbocycles. The summed E-state index contributed by atoms with van der Waals surface area (Å²) in [5, 5.41) is 3.59. The molecule has 1 fully saturated rings. The third kappa shape index (κ3) is 3.32. The summed E-state index contributed by atoms with van der Waals surface area (Å²) in [4.78, 5) is 1.04. The molecule has 20 heavy (non-hydrogen) atoms. The molecule has 0 heterocycles. The second kappa shape index (κ2) is 6.40. The van der Waals surface area contributed by atoms with Crippen LogP contribution in [-0.2, 0) is 23.6 Å². The number of hydrogen-bond donors (Lipinski definition) is 1. The summed E-state index contributed by atoms with van der Waals surface area (Å²) >= 11 is 0. The number of nitrogens with one attached hydrogen (secondary N) is 1. The van der Waals surface area contributed by atoms with Crippen molar-refractivity contribution in [2.75, 3.05) is 12.3 Å². The molecule has 0 radical (unpaired) electrons. The van der Waals surface area contributed by atoms with Crippen molar-refractivity contribution in [1.82, 2.24) is 5.32 Å². The van der Waals surface area contributed by atoms with Gasteiger partial charge in [-0.3, -0.25) is 4.21 Å². The average molecular weight is 291 g/mol. The van der Waals surface area contributed by atoms with E-state index in [1.54, 1.807) is 0 Å². The standard InChI is InChI=1S/C17H25NOS/c1-2-10-18-17(14-6-7-14)12-20(19)16-9-8-13-4-3-5-15(13)11-16/h8-9,11,14,17-18H,2-7,10,12H2,1H3. The van der Waals surface area contributed by atoms with Gasteiger partial charge in [0.2, 0.25) is 0 Å². The molecule has 3 heteroatoms. The van der Waals surface area contributed by atoms with Gasteiger partial charge in [0.25, 0.3) is 0 Å². The number of fused-ring (bicyclic) bond motifs is 1. The lowest BCUT2D eigenvalue weighted by Gasteiger charge is -2.17. The van der Waals surface area contributed by atoms with E-state index in [9.17, 15) is 4.21 Å². The minimum Gasteiger partial charge on any atom is -0.313 e. The van der Waals surface area contributed by atoms with Crippen molar-refractivity contribution in [3.63, 3.8) is 0 Å². The highest BCUT2D eigenvalue weighted by atomic mass is 32.2. The van der Waals surface area contributed by atoms with E-state index in [0.717, 1.165) is 29.5 Å². The Balaban J connectivity index is 1.65. The summed E-state index contributed by atoms with van der Waals surface area (Å²) in [6, 6.07) is 6.93. The Morgan fingerprint density at radius 3 is 2.85 bits per heavy atom. The topological polar surface area (TPSA) is 29.1 Å². The summed E-state index contributed by atoms with van der Waals surface area (Å²) in [6.45, 7) is 3.23. The summed E-state index contributed by atoms with van der Waals surface area (Å²) in [6.07, 6.45) is 7.39. The highest BCUT2D eigenvalue weighted by Gasteiger charge is 2.32. The SMILES string of the molecule is CCCNC(CS(=O)c1ccc2c(c1)CCC2)C1CC1. The average Bonchev–Trinajstić information content (AvgIpc) is 3.20. The normalized spacial score (nSPS) is 20.6. The van der Waals surface area contributed by atoms with Gasteiger partial charge in [-0.1, -0.05) is 13.0 Å². The largest absolute Gasteiger partial charge is 0.313 e. The third-order valence-electron chi connectivity index (χ3n) is 4.51. The van der Waals surface area contributed by atoms with Gasteiger partial charge in [0.1, 0.15) is 0 Å². The number of aryl methyl sites for hydroxylation is 2. The molecule has 0 amide bonds. The maximum absolute atomic E-state index is 12.6. The van der Waals surface area contributed by atoms with Crippen LogP contribution < -0.4 is 5.32 Å². The van der Waals surface area contributed by atoms with Crippen molar-refractivity contribution in [2.24, 2.45) is 5.92 Å². The summed E-state index contributed by atoms with van der Waals surface area (Å²) in [7, 11) is -0.852. The van der Waals surface area contributed by atoms with E-state index in [-0.39, 0.29) is 0 Å². The van der Waals surface area contributed by atoms with E-state index >= 15 is 0 Å². The van der Waals surface area contributed by atoms with Gasteiger partial charge < -0.3 is 5.32 Å². The molecule has 2 aliphatic carbocycles. The van der Waals surface area contributed by atoms with Crippen LogP contribution in [0.3, 0.4) is 0 Å². The van der Waals surface area contributed by atoms with Crippen LogP contribution in [0.25, 0.3) is 0 Å². The quantitative estimate of drug-likeness (QED) is 0.836. The maximum Gasteiger partial charge on any atom is 0.0545 e. The van der Waals surface area contributed by atoms with Crippen LogP contribution in [0.4, 0.5) is 0 Å². The second-order valence-electron chi connectivity index (χ2n) is 6.19. The first-order chi connectivity index (χ1) is 9.78. The molecule has 3 rings (SSSR count). The molecular formula is C17H25NOS. The molecular weight excluding hydrogens is 266 g/mol. The molecule has 0 saturated heterocycles. The zero-order valence-electron chi connectivity index (χ0n) is 12.4. The molecule has 2 nitrogen and oxygen atoms in total. The molecule has 110 valence electrons. The zero-order chi connectivity index (χ0) is 13.9. The van der Waals surface area contributed by atoms with Crippen LogP contribution in [0.15, 0.2) is 23.1 Å². The van der Waals surface area contributed by atoms with Crippen LogP contribution >= 0.6 is 0 Å². The predicted octanol–water partition coefficient (Wildman–Crippen LogP) is 3.06. The van der Waals surface area contributed by atoms with Crippen molar-refractivity contribution in [3.05, 3.63) is 29.3 Å². The summed E-state index contributed by atoms with van der Waals surface area (Å²) in [5.74, 6) is 1.55. The number of rotatable bonds is 7. The van der Waals surface area contributed by atoms with Crippen molar-refractivity contribution >= 4 is 10.8 Å².